The van der Waals surface area contributed by atoms with E-state index in [1.54, 1.807) is 0 Å². The van der Waals surface area contributed by atoms with E-state index < -0.39 is 6.09 Å². The Morgan fingerprint density at radius 3 is 2.81 bits per heavy atom. The summed E-state index contributed by atoms with van der Waals surface area (Å²) in [4.78, 5) is 27.2. The highest BCUT2D eigenvalue weighted by Gasteiger charge is 2.32. The molecule has 1 saturated heterocycles. The average molecular weight is 425 g/mol. The van der Waals surface area contributed by atoms with Gasteiger partial charge < -0.3 is 14.7 Å². The van der Waals surface area contributed by atoms with Crippen LogP contribution in [-0.4, -0.2) is 57.5 Å². The molecular weight excluding hydrogens is 396 g/mol. The number of anilines is 1. The molecule has 3 heterocycles. The Labute approximate surface area is 181 Å². The molecule has 1 N–H and O–H groups in total. The third-order valence-corrected chi connectivity index (χ3v) is 6.57. The summed E-state index contributed by atoms with van der Waals surface area (Å²) in [6, 6.07) is 4.24. The number of rotatable bonds is 6. The molecule has 0 spiro atoms. The SMILES string of the molecule is CC1CCc2c(ccc(-c3cnn(C4CC4)c3)c2OCCN2CCCC2=O)N1C(=O)O. The van der Waals surface area contributed by atoms with Gasteiger partial charge in [-0.2, -0.15) is 5.10 Å². The molecule has 8 heteroatoms. The summed E-state index contributed by atoms with van der Waals surface area (Å²) in [6.45, 7) is 3.64. The third kappa shape index (κ3) is 3.75. The number of carbonyl (C=O) groups excluding carboxylic acids is 1. The Kier molecular flexibility index (Phi) is 5.08. The Balaban J connectivity index is 1.49. The fraction of sp³-hybridized carbons (Fsp3) is 0.522. The van der Waals surface area contributed by atoms with Crippen LogP contribution in [-0.2, 0) is 11.2 Å². The topological polar surface area (TPSA) is 87.9 Å². The first-order valence-corrected chi connectivity index (χ1v) is 11.2. The number of nitrogens with zero attached hydrogens (tertiary/aromatic N) is 4. The van der Waals surface area contributed by atoms with E-state index in [-0.39, 0.29) is 11.9 Å². The Morgan fingerprint density at radius 1 is 1.26 bits per heavy atom. The van der Waals surface area contributed by atoms with Gasteiger partial charge in [-0.3, -0.25) is 14.4 Å². The van der Waals surface area contributed by atoms with Crippen LogP contribution in [0.15, 0.2) is 24.5 Å². The molecular formula is C23H28N4O4. The maximum Gasteiger partial charge on any atom is 0.412 e. The van der Waals surface area contributed by atoms with Crippen molar-refractivity contribution >= 4 is 17.7 Å². The van der Waals surface area contributed by atoms with Gasteiger partial charge >= 0.3 is 6.09 Å². The smallest absolute Gasteiger partial charge is 0.412 e. The van der Waals surface area contributed by atoms with Gasteiger partial charge in [-0.1, -0.05) is 0 Å². The van der Waals surface area contributed by atoms with Crippen molar-refractivity contribution in [1.82, 2.24) is 14.7 Å². The van der Waals surface area contributed by atoms with Crippen molar-refractivity contribution in [2.75, 3.05) is 24.6 Å². The summed E-state index contributed by atoms with van der Waals surface area (Å²) in [5.74, 6) is 0.896. The van der Waals surface area contributed by atoms with E-state index in [1.165, 1.54) is 4.90 Å². The molecule has 1 aromatic carbocycles. The predicted octanol–water partition coefficient (Wildman–Crippen LogP) is 3.71. The number of carbonyl (C=O) groups is 2. The van der Waals surface area contributed by atoms with Crippen LogP contribution in [0.1, 0.15) is 50.6 Å². The number of fused-ring (bicyclic) bond motifs is 1. The summed E-state index contributed by atoms with van der Waals surface area (Å²) < 4.78 is 8.31. The number of carboxylic acid groups (broad SMARTS) is 1. The van der Waals surface area contributed by atoms with Crippen molar-refractivity contribution < 1.29 is 19.4 Å². The molecule has 1 atom stereocenters. The van der Waals surface area contributed by atoms with E-state index in [2.05, 4.69) is 11.3 Å². The second kappa shape index (κ2) is 7.90. The third-order valence-electron chi connectivity index (χ3n) is 6.57. The van der Waals surface area contributed by atoms with E-state index in [0.29, 0.717) is 31.3 Å². The number of likely N-dealkylation sites (tertiary alicyclic amines) is 1. The first-order valence-electron chi connectivity index (χ1n) is 11.2. The zero-order valence-electron chi connectivity index (χ0n) is 17.8. The van der Waals surface area contributed by atoms with Gasteiger partial charge in [0.05, 0.1) is 24.5 Å². The van der Waals surface area contributed by atoms with Crippen molar-refractivity contribution in [2.45, 2.75) is 57.5 Å². The lowest BCUT2D eigenvalue weighted by Crippen LogP contribution is -2.41. The standard InChI is InChI=1S/C23H28N4O4/c1-15-4-7-19-20(27(15)23(29)30)9-8-18(16-13-24-26(14-16)17-5-6-17)22(19)31-12-11-25-10-2-3-21(25)28/h8-9,13-15,17H,2-7,10-12H2,1H3,(H,29,30). The molecule has 1 saturated carbocycles. The second-order valence-corrected chi connectivity index (χ2v) is 8.75. The van der Waals surface area contributed by atoms with Crippen LogP contribution in [0.5, 0.6) is 5.75 Å². The number of amides is 2. The molecule has 2 amide bonds. The molecule has 1 aromatic heterocycles. The van der Waals surface area contributed by atoms with Crippen molar-refractivity contribution in [3.8, 4) is 16.9 Å². The zero-order valence-corrected chi connectivity index (χ0v) is 17.8. The number of hydrogen-bond acceptors (Lipinski definition) is 4. The molecule has 164 valence electrons. The molecule has 2 aliphatic heterocycles. The van der Waals surface area contributed by atoms with Crippen LogP contribution in [0.4, 0.5) is 10.5 Å². The molecule has 31 heavy (non-hydrogen) atoms. The van der Waals surface area contributed by atoms with Gasteiger partial charge in [0.15, 0.2) is 0 Å². The van der Waals surface area contributed by atoms with Crippen LogP contribution in [0.2, 0.25) is 0 Å². The van der Waals surface area contributed by atoms with Crippen LogP contribution < -0.4 is 9.64 Å². The van der Waals surface area contributed by atoms with Crippen molar-refractivity contribution in [3.63, 3.8) is 0 Å². The lowest BCUT2D eigenvalue weighted by atomic mass is 9.92. The summed E-state index contributed by atoms with van der Waals surface area (Å²) in [5, 5.41) is 14.3. The fourth-order valence-electron chi connectivity index (χ4n) is 4.70. The summed E-state index contributed by atoms with van der Waals surface area (Å²) >= 11 is 0. The quantitative estimate of drug-likeness (QED) is 0.764. The minimum Gasteiger partial charge on any atom is -0.491 e. The largest absolute Gasteiger partial charge is 0.491 e. The van der Waals surface area contributed by atoms with Gasteiger partial charge in [-0.25, -0.2) is 4.79 Å². The highest BCUT2D eigenvalue weighted by atomic mass is 16.5. The monoisotopic (exact) mass is 424 g/mol. The highest BCUT2D eigenvalue weighted by molar-refractivity contribution is 5.91. The highest BCUT2D eigenvalue weighted by Crippen LogP contribution is 2.44. The van der Waals surface area contributed by atoms with Crippen molar-refractivity contribution in [2.24, 2.45) is 0 Å². The molecule has 2 aromatic rings. The molecule has 3 aliphatic rings. The number of hydrogen-bond donors (Lipinski definition) is 1. The molecule has 5 rings (SSSR count). The Morgan fingerprint density at radius 2 is 2.10 bits per heavy atom. The van der Waals surface area contributed by atoms with E-state index >= 15 is 0 Å². The van der Waals surface area contributed by atoms with Gasteiger partial charge in [0.25, 0.3) is 0 Å². The van der Waals surface area contributed by atoms with Crippen LogP contribution in [0.3, 0.4) is 0 Å². The molecule has 2 fully saturated rings. The summed E-state index contributed by atoms with van der Waals surface area (Å²) in [7, 11) is 0. The lowest BCUT2D eigenvalue weighted by molar-refractivity contribution is -0.128. The van der Waals surface area contributed by atoms with Crippen LogP contribution >= 0.6 is 0 Å². The minimum absolute atomic E-state index is 0.0801. The van der Waals surface area contributed by atoms with Gasteiger partial charge in [0.2, 0.25) is 5.91 Å². The summed E-state index contributed by atoms with van der Waals surface area (Å²) in [6.07, 6.45) is 8.28. The zero-order chi connectivity index (χ0) is 21.5. The van der Waals surface area contributed by atoms with Gasteiger partial charge in [-0.05, 0) is 51.2 Å². The molecule has 8 nitrogen and oxygen atoms in total. The number of ether oxygens (including phenoxy) is 1. The Hall–Kier alpha value is -3.03. The lowest BCUT2D eigenvalue weighted by Gasteiger charge is -2.34. The van der Waals surface area contributed by atoms with Crippen molar-refractivity contribution in [3.05, 3.63) is 30.1 Å². The second-order valence-electron chi connectivity index (χ2n) is 8.75. The maximum atomic E-state index is 12.0. The van der Waals surface area contributed by atoms with Gasteiger partial charge in [0, 0.05) is 41.9 Å². The number of aromatic nitrogens is 2. The van der Waals surface area contributed by atoms with Gasteiger partial charge in [-0.15, -0.1) is 0 Å². The summed E-state index contributed by atoms with van der Waals surface area (Å²) in [5.41, 5.74) is 3.52. The normalized spacial score (nSPS) is 20.8. The molecule has 1 aliphatic carbocycles. The number of benzene rings is 1. The molecule has 0 bridgehead atoms. The molecule has 1 unspecified atom stereocenters. The Bertz CT molecular complexity index is 1010. The van der Waals surface area contributed by atoms with Crippen molar-refractivity contribution in [1.29, 1.82) is 0 Å². The van der Waals surface area contributed by atoms with E-state index in [0.717, 1.165) is 61.1 Å². The van der Waals surface area contributed by atoms with E-state index in [9.17, 15) is 14.7 Å². The average Bonchev–Trinajstić information content (AvgIpc) is 3.34. The minimum atomic E-state index is -0.948. The van der Waals surface area contributed by atoms with Crippen LogP contribution in [0, 0.1) is 0 Å². The molecule has 0 radical (unpaired) electrons. The first-order chi connectivity index (χ1) is 15.0. The van der Waals surface area contributed by atoms with E-state index in [4.69, 9.17) is 4.74 Å². The van der Waals surface area contributed by atoms with Crippen LogP contribution in [0.25, 0.3) is 11.1 Å². The van der Waals surface area contributed by atoms with E-state index in [1.807, 2.05) is 34.8 Å². The first kappa shape index (κ1) is 19.9. The fourth-order valence-corrected chi connectivity index (χ4v) is 4.70. The van der Waals surface area contributed by atoms with Gasteiger partial charge in [0.1, 0.15) is 12.4 Å². The predicted molar refractivity (Wildman–Crippen MR) is 116 cm³/mol. The maximum absolute atomic E-state index is 12.0.